The van der Waals surface area contributed by atoms with Crippen molar-refractivity contribution in [3.8, 4) is 5.75 Å². The van der Waals surface area contributed by atoms with Crippen molar-refractivity contribution in [3.05, 3.63) is 22.4 Å². The number of hydrogen-bond acceptors (Lipinski definition) is 1. The van der Waals surface area contributed by atoms with E-state index in [0.29, 0.717) is 0 Å². The highest BCUT2D eigenvalue weighted by Crippen LogP contribution is 2.20. The Morgan fingerprint density at radius 3 is 2.60 bits per heavy atom. The predicted octanol–water partition coefficient (Wildman–Crippen LogP) is 1.09. The minimum Gasteiger partial charge on any atom is -0.507 e. The van der Waals surface area contributed by atoms with Crippen LogP contribution in [0.15, 0.2) is 16.6 Å². The normalized spacial score (nSPS) is 9.80. The summed E-state index contributed by atoms with van der Waals surface area (Å²) in [6.45, 7) is 0. The van der Waals surface area contributed by atoms with Crippen molar-refractivity contribution in [1.82, 2.24) is 0 Å². The molecule has 1 aromatic carbocycles. The summed E-state index contributed by atoms with van der Waals surface area (Å²) in [6, 6.07) is 2.20. The molecule has 4 heteroatoms. The first-order valence-corrected chi connectivity index (χ1v) is 3.34. The van der Waals surface area contributed by atoms with Crippen molar-refractivity contribution in [1.29, 1.82) is 0 Å². The summed E-state index contributed by atoms with van der Waals surface area (Å²) in [5.74, 6) is -0.594. The molecule has 10 heavy (non-hydrogen) atoms. The zero-order chi connectivity index (χ0) is 7.72. The fraction of sp³-hybridized carbons (Fsp3) is 0. The van der Waals surface area contributed by atoms with Crippen molar-refractivity contribution in [2.24, 2.45) is 0 Å². The molecular formula is C6H3BBrFO. The third-order valence-corrected chi connectivity index (χ3v) is 1.66. The lowest BCUT2D eigenvalue weighted by Crippen LogP contribution is -2.03. The van der Waals surface area contributed by atoms with Crippen LogP contribution in [0.25, 0.3) is 0 Å². The first kappa shape index (κ1) is 7.60. The number of rotatable bonds is 0. The van der Waals surface area contributed by atoms with Crippen LogP contribution in [0, 0.1) is 5.82 Å². The fourth-order valence-electron chi connectivity index (χ4n) is 0.586. The predicted molar refractivity (Wildman–Crippen MR) is 41.2 cm³/mol. The van der Waals surface area contributed by atoms with Gasteiger partial charge in [0.15, 0.2) is 0 Å². The molecule has 0 saturated heterocycles. The Kier molecular flexibility index (Phi) is 1.99. The molecule has 1 aromatic rings. The topological polar surface area (TPSA) is 20.2 Å². The minimum absolute atomic E-state index is 0.0341. The maximum atomic E-state index is 12.4. The summed E-state index contributed by atoms with van der Waals surface area (Å²) >= 11 is 2.93. The van der Waals surface area contributed by atoms with Crippen LogP contribution in [-0.4, -0.2) is 13.0 Å². The second-order valence-electron chi connectivity index (χ2n) is 1.83. The Balaban J connectivity index is 3.31. The van der Waals surface area contributed by atoms with Gasteiger partial charge in [0.2, 0.25) is 0 Å². The van der Waals surface area contributed by atoms with Crippen LogP contribution in [0.5, 0.6) is 5.75 Å². The van der Waals surface area contributed by atoms with E-state index >= 15 is 0 Å². The third-order valence-electron chi connectivity index (χ3n) is 1.06. The van der Waals surface area contributed by atoms with Gasteiger partial charge in [-0.05, 0) is 28.1 Å². The third kappa shape index (κ3) is 1.32. The number of halogens is 2. The SMILES string of the molecule is [B]c1cc(F)cc(Br)c1O. The second kappa shape index (κ2) is 2.62. The van der Waals surface area contributed by atoms with Crippen LogP contribution in [0.2, 0.25) is 0 Å². The van der Waals surface area contributed by atoms with E-state index in [9.17, 15) is 4.39 Å². The molecule has 50 valence electrons. The number of hydrogen-bond donors (Lipinski definition) is 1. The average molecular weight is 201 g/mol. The molecule has 0 aliphatic rings. The highest BCUT2D eigenvalue weighted by molar-refractivity contribution is 9.10. The molecule has 0 fully saturated rings. The molecule has 0 atom stereocenters. The number of aromatic hydroxyl groups is 1. The van der Waals surface area contributed by atoms with E-state index in [-0.39, 0.29) is 15.7 Å². The number of benzene rings is 1. The van der Waals surface area contributed by atoms with Gasteiger partial charge < -0.3 is 5.11 Å². The van der Waals surface area contributed by atoms with Crippen LogP contribution in [0.3, 0.4) is 0 Å². The molecule has 1 nitrogen and oxygen atoms in total. The molecule has 0 heterocycles. The lowest BCUT2D eigenvalue weighted by Gasteiger charge is -2.00. The summed E-state index contributed by atoms with van der Waals surface area (Å²) in [5.41, 5.74) is 0.0341. The Bertz CT molecular complexity index is 241. The van der Waals surface area contributed by atoms with Gasteiger partial charge in [-0.1, -0.05) is 5.46 Å². The molecule has 0 amide bonds. The van der Waals surface area contributed by atoms with Crippen LogP contribution in [-0.2, 0) is 0 Å². The largest absolute Gasteiger partial charge is 0.507 e. The van der Waals surface area contributed by atoms with Crippen molar-refractivity contribution in [2.75, 3.05) is 0 Å². The zero-order valence-corrected chi connectivity index (χ0v) is 6.52. The van der Waals surface area contributed by atoms with Crippen LogP contribution in [0.4, 0.5) is 4.39 Å². The van der Waals surface area contributed by atoms with Gasteiger partial charge in [-0.2, -0.15) is 0 Å². The summed E-state index contributed by atoms with van der Waals surface area (Å²) in [5, 5.41) is 8.99. The van der Waals surface area contributed by atoms with E-state index < -0.39 is 5.82 Å². The first-order chi connectivity index (χ1) is 4.61. The lowest BCUT2D eigenvalue weighted by molar-refractivity contribution is 0.474. The van der Waals surface area contributed by atoms with Crippen LogP contribution in [0.1, 0.15) is 0 Å². The summed E-state index contributed by atoms with van der Waals surface area (Å²) in [6.07, 6.45) is 0. The molecule has 0 bridgehead atoms. The molecule has 0 spiro atoms. The molecule has 0 aliphatic heterocycles. The fourth-order valence-corrected chi connectivity index (χ4v) is 1.03. The Labute approximate surface area is 67.4 Å². The van der Waals surface area contributed by atoms with Crippen molar-refractivity contribution >= 4 is 29.2 Å². The van der Waals surface area contributed by atoms with E-state index in [0.717, 1.165) is 12.1 Å². The maximum absolute atomic E-state index is 12.4. The van der Waals surface area contributed by atoms with E-state index in [4.69, 9.17) is 13.0 Å². The first-order valence-electron chi connectivity index (χ1n) is 2.54. The second-order valence-corrected chi connectivity index (χ2v) is 2.68. The Morgan fingerprint density at radius 2 is 2.10 bits per heavy atom. The highest BCUT2D eigenvalue weighted by atomic mass is 79.9. The monoisotopic (exact) mass is 200 g/mol. The molecule has 0 saturated carbocycles. The van der Waals surface area contributed by atoms with Gasteiger partial charge in [-0.15, -0.1) is 0 Å². The van der Waals surface area contributed by atoms with Gasteiger partial charge in [0.25, 0.3) is 0 Å². The Morgan fingerprint density at radius 1 is 1.50 bits per heavy atom. The molecule has 1 N–H and O–H groups in total. The molecule has 0 aromatic heterocycles. The van der Waals surface area contributed by atoms with Crippen molar-refractivity contribution in [2.45, 2.75) is 0 Å². The molecule has 2 radical (unpaired) electrons. The minimum atomic E-state index is -0.470. The lowest BCUT2D eigenvalue weighted by atomic mass is 9.95. The number of phenols is 1. The van der Waals surface area contributed by atoms with Gasteiger partial charge in [0.1, 0.15) is 19.4 Å². The van der Waals surface area contributed by atoms with Crippen molar-refractivity contribution < 1.29 is 9.50 Å². The number of phenolic OH excluding ortho intramolecular Hbond substituents is 1. The van der Waals surface area contributed by atoms with Gasteiger partial charge >= 0.3 is 0 Å². The molecular weight excluding hydrogens is 198 g/mol. The molecule has 0 aliphatic carbocycles. The van der Waals surface area contributed by atoms with Crippen LogP contribution >= 0.6 is 15.9 Å². The zero-order valence-electron chi connectivity index (χ0n) is 4.94. The maximum Gasteiger partial charge on any atom is 0.124 e. The van der Waals surface area contributed by atoms with E-state index in [1.807, 2.05) is 0 Å². The average Bonchev–Trinajstić information content (AvgIpc) is 1.82. The molecule has 1 rings (SSSR count). The highest BCUT2D eigenvalue weighted by Gasteiger charge is 2.02. The standard InChI is InChI=1S/C6H3BBrFO/c7-4-1-3(9)2-5(8)6(4)10/h1-2,10H. The van der Waals surface area contributed by atoms with Crippen LogP contribution < -0.4 is 5.46 Å². The van der Waals surface area contributed by atoms with E-state index in [1.165, 1.54) is 0 Å². The van der Waals surface area contributed by atoms with E-state index in [1.54, 1.807) is 0 Å². The van der Waals surface area contributed by atoms with Gasteiger partial charge in [-0.25, -0.2) is 4.39 Å². The van der Waals surface area contributed by atoms with Crippen molar-refractivity contribution in [3.63, 3.8) is 0 Å². The summed E-state index contributed by atoms with van der Waals surface area (Å²) in [4.78, 5) is 0. The van der Waals surface area contributed by atoms with Gasteiger partial charge in [0, 0.05) is 0 Å². The smallest absolute Gasteiger partial charge is 0.124 e. The van der Waals surface area contributed by atoms with Gasteiger partial charge in [-0.3, -0.25) is 0 Å². The molecule has 0 unspecified atom stereocenters. The van der Waals surface area contributed by atoms with E-state index in [2.05, 4.69) is 15.9 Å². The quantitative estimate of drug-likeness (QED) is 0.622. The summed E-state index contributed by atoms with van der Waals surface area (Å²) in [7, 11) is 5.20. The Hall–Kier alpha value is -0.505. The summed E-state index contributed by atoms with van der Waals surface area (Å²) < 4.78 is 12.7. The van der Waals surface area contributed by atoms with Gasteiger partial charge in [0.05, 0.1) is 4.47 Å².